The van der Waals surface area contributed by atoms with Crippen LogP contribution in [0.2, 0.25) is 0 Å². The van der Waals surface area contributed by atoms with Crippen molar-refractivity contribution in [3.63, 3.8) is 0 Å². The van der Waals surface area contributed by atoms with E-state index >= 15 is 0 Å². The van der Waals surface area contributed by atoms with E-state index in [-0.39, 0.29) is 6.61 Å². The summed E-state index contributed by atoms with van der Waals surface area (Å²) in [7, 11) is 0. The number of hydrogen-bond acceptors (Lipinski definition) is 3. The molecule has 1 fully saturated rings. The highest BCUT2D eigenvalue weighted by atomic mass is 16.3. The Hall–Kier alpha value is -1.39. The molecule has 1 aliphatic rings. The number of aromatic nitrogens is 2. The topological polar surface area (TPSA) is 40.8 Å². The van der Waals surface area contributed by atoms with Gasteiger partial charge in [0.05, 0.1) is 11.9 Å². The lowest BCUT2D eigenvalue weighted by molar-refractivity contribution is 0.111. The number of piperidine rings is 1. The Labute approximate surface area is 120 Å². The van der Waals surface area contributed by atoms with E-state index in [9.17, 15) is 5.11 Å². The summed E-state index contributed by atoms with van der Waals surface area (Å²) in [5.41, 5.74) is 3.51. The molecule has 1 atom stereocenters. The first-order valence-corrected chi connectivity index (χ1v) is 7.56. The third-order valence-electron chi connectivity index (χ3n) is 4.38. The molecule has 0 aromatic carbocycles. The lowest BCUT2D eigenvalue weighted by Gasteiger charge is -2.35. The summed E-state index contributed by atoms with van der Waals surface area (Å²) in [6.45, 7) is 4.44. The Balaban J connectivity index is 1.83. The zero-order valence-electron chi connectivity index (χ0n) is 12.1. The van der Waals surface area contributed by atoms with Gasteiger partial charge in [-0.3, -0.25) is 4.90 Å². The first-order valence-electron chi connectivity index (χ1n) is 7.56. The van der Waals surface area contributed by atoms with Crippen molar-refractivity contribution >= 4 is 5.65 Å². The summed E-state index contributed by atoms with van der Waals surface area (Å²) in [6.07, 6.45) is 8.72. The van der Waals surface area contributed by atoms with Gasteiger partial charge in [0, 0.05) is 25.4 Å². The van der Waals surface area contributed by atoms with Gasteiger partial charge in [0.2, 0.25) is 0 Å². The molecule has 0 amide bonds. The maximum atomic E-state index is 9.23. The maximum absolute atomic E-state index is 9.23. The Morgan fingerprint density at radius 3 is 3.15 bits per heavy atom. The van der Waals surface area contributed by atoms with Crippen molar-refractivity contribution in [1.29, 1.82) is 0 Å². The van der Waals surface area contributed by atoms with Crippen LogP contribution in [0.4, 0.5) is 0 Å². The molecule has 0 radical (unpaired) electrons. The highest BCUT2D eigenvalue weighted by Gasteiger charge is 2.22. The number of hydrogen-bond donors (Lipinski definition) is 1. The molecule has 3 heterocycles. The Bertz CT molecular complexity index is 576. The molecule has 1 N–H and O–H groups in total. The third-order valence-corrected chi connectivity index (χ3v) is 4.38. The number of aliphatic hydroxyl groups is 1. The number of pyridine rings is 1. The van der Waals surface area contributed by atoms with Gasteiger partial charge in [0.25, 0.3) is 0 Å². The number of nitrogens with zero attached hydrogens (tertiary/aromatic N) is 3. The molecule has 0 aliphatic carbocycles. The van der Waals surface area contributed by atoms with E-state index in [0.29, 0.717) is 6.04 Å². The van der Waals surface area contributed by atoms with Gasteiger partial charge in [0.1, 0.15) is 5.65 Å². The summed E-state index contributed by atoms with van der Waals surface area (Å²) < 4.78 is 2.19. The lowest BCUT2D eigenvalue weighted by Crippen LogP contribution is -2.39. The van der Waals surface area contributed by atoms with Crippen LogP contribution < -0.4 is 0 Å². The first-order chi connectivity index (χ1) is 9.79. The van der Waals surface area contributed by atoms with Crippen molar-refractivity contribution in [3.8, 4) is 0 Å². The molecule has 2 aromatic rings. The molecule has 1 unspecified atom stereocenters. The van der Waals surface area contributed by atoms with E-state index < -0.39 is 0 Å². The van der Waals surface area contributed by atoms with Gasteiger partial charge in [0.15, 0.2) is 0 Å². The van der Waals surface area contributed by atoms with E-state index in [1.807, 2.05) is 6.20 Å². The average Bonchev–Trinajstić information content (AvgIpc) is 2.86. The Morgan fingerprint density at radius 2 is 2.30 bits per heavy atom. The number of likely N-dealkylation sites (tertiary alicyclic amines) is 1. The fraction of sp³-hybridized carbons (Fsp3) is 0.562. The fourth-order valence-corrected chi connectivity index (χ4v) is 3.27. The zero-order valence-corrected chi connectivity index (χ0v) is 12.1. The fourth-order valence-electron chi connectivity index (χ4n) is 3.27. The molecular weight excluding hydrogens is 250 g/mol. The number of imidazole rings is 1. The van der Waals surface area contributed by atoms with E-state index in [1.165, 1.54) is 30.5 Å². The number of fused-ring (bicyclic) bond motifs is 1. The van der Waals surface area contributed by atoms with Crippen molar-refractivity contribution in [1.82, 2.24) is 14.3 Å². The molecule has 3 rings (SSSR count). The molecule has 1 saturated heterocycles. The molecule has 4 nitrogen and oxygen atoms in total. The Kier molecular flexibility index (Phi) is 4.03. The van der Waals surface area contributed by atoms with Gasteiger partial charge >= 0.3 is 0 Å². The van der Waals surface area contributed by atoms with Crippen LogP contribution in [0.15, 0.2) is 24.5 Å². The predicted molar refractivity (Wildman–Crippen MR) is 79.7 cm³/mol. The van der Waals surface area contributed by atoms with Crippen molar-refractivity contribution in [3.05, 3.63) is 35.8 Å². The zero-order chi connectivity index (χ0) is 13.9. The standard InChI is InChI=1S/C16H23N3O/c1-13-5-4-9-19-15(11-17-16(13)19)12-18-8-3-2-6-14(18)7-10-20/h4-5,9,11,14,20H,2-3,6-8,10,12H2,1H3. The van der Waals surface area contributed by atoms with Crippen molar-refractivity contribution < 1.29 is 5.11 Å². The summed E-state index contributed by atoms with van der Waals surface area (Å²) in [4.78, 5) is 7.05. The minimum Gasteiger partial charge on any atom is -0.396 e. The second-order valence-corrected chi connectivity index (χ2v) is 5.77. The van der Waals surface area contributed by atoms with Crippen LogP contribution in [-0.2, 0) is 6.54 Å². The quantitative estimate of drug-likeness (QED) is 0.930. The van der Waals surface area contributed by atoms with E-state index in [1.54, 1.807) is 0 Å². The molecule has 20 heavy (non-hydrogen) atoms. The van der Waals surface area contributed by atoms with Crippen molar-refractivity contribution in [2.75, 3.05) is 13.2 Å². The minimum absolute atomic E-state index is 0.285. The van der Waals surface area contributed by atoms with E-state index in [4.69, 9.17) is 0 Å². The molecular formula is C16H23N3O. The Morgan fingerprint density at radius 1 is 1.40 bits per heavy atom. The molecule has 4 heteroatoms. The lowest BCUT2D eigenvalue weighted by atomic mass is 9.99. The summed E-state index contributed by atoms with van der Waals surface area (Å²) in [5, 5.41) is 9.23. The number of aryl methyl sites for hydroxylation is 1. The highest BCUT2D eigenvalue weighted by molar-refractivity contribution is 5.48. The smallest absolute Gasteiger partial charge is 0.139 e. The largest absolute Gasteiger partial charge is 0.396 e. The van der Waals surface area contributed by atoms with Crippen LogP contribution in [0.5, 0.6) is 0 Å². The molecule has 1 aliphatic heterocycles. The molecule has 0 spiro atoms. The number of rotatable bonds is 4. The van der Waals surface area contributed by atoms with Crippen LogP contribution in [0.1, 0.15) is 36.9 Å². The van der Waals surface area contributed by atoms with Gasteiger partial charge in [-0.1, -0.05) is 12.5 Å². The van der Waals surface area contributed by atoms with Crippen LogP contribution in [0.3, 0.4) is 0 Å². The van der Waals surface area contributed by atoms with Gasteiger partial charge in [-0.15, -0.1) is 0 Å². The second kappa shape index (κ2) is 5.94. The van der Waals surface area contributed by atoms with Crippen LogP contribution >= 0.6 is 0 Å². The summed E-state index contributed by atoms with van der Waals surface area (Å²) in [6, 6.07) is 4.69. The monoisotopic (exact) mass is 273 g/mol. The third kappa shape index (κ3) is 2.58. The van der Waals surface area contributed by atoms with Gasteiger partial charge in [-0.2, -0.15) is 0 Å². The number of aliphatic hydroxyl groups excluding tert-OH is 1. The van der Waals surface area contributed by atoms with Crippen LogP contribution in [0.25, 0.3) is 5.65 Å². The molecule has 0 saturated carbocycles. The van der Waals surface area contributed by atoms with Crippen LogP contribution in [0, 0.1) is 6.92 Å². The summed E-state index contributed by atoms with van der Waals surface area (Å²) in [5.74, 6) is 0. The van der Waals surface area contributed by atoms with E-state index in [2.05, 4.69) is 39.5 Å². The second-order valence-electron chi connectivity index (χ2n) is 5.77. The average molecular weight is 273 g/mol. The maximum Gasteiger partial charge on any atom is 0.139 e. The first kappa shape index (κ1) is 13.6. The van der Waals surface area contributed by atoms with Gasteiger partial charge < -0.3 is 9.51 Å². The van der Waals surface area contributed by atoms with Crippen molar-refractivity contribution in [2.45, 2.75) is 45.2 Å². The SMILES string of the molecule is Cc1cccn2c(CN3CCCCC3CCO)cnc12. The molecule has 2 aromatic heterocycles. The minimum atomic E-state index is 0.285. The normalized spacial score (nSPS) is 20.6. The predicted octanol–water partition coefficient (Wildman–Crippen LogP) is 2.38. The summed E-state index contributed by atoms with van der Waals surface area (Å²) >= 11 is 0. The molecule has 108 valence electrons. The van der Waals surface area contributed by atoms with Gasteiger partial charge in [-0.05, 0) is 44.4 Å². The van der Waals surface area contributed by atoms with Crippen molar-refractivity contribution in [2.24, 2.45) is 0 Å². The highest BCUT2D eigenvalue weighted by Crippen LogP contribution is 2.22. The molecule has 0 bridgehead atoms. The van der Waals surface area contributed by atoms with Gasteiger partial charge in [-0.25, -0.2) is 4.98 Å². The van der Waals surface area contributed by atoms with Crippen LogP contribution in [-0.4, -0.2) is 38.6 Å². The van der Waals surface area contributed by atoms with E-state index in [0.717, 1.165) is 25.2 Å².